The van der Waals surface area contributed by atoms with Gasteiger partial charge in [0, 0.05) is 5.56 Å². The standard InChI is InChI=1S/C30H38F2O/c1-3-5-6-7-8-9-23-10-15-25(16-11-23)26-17-12-24(13-18-26)14-19-27-20-21-28(33-22-4-2)30(32)29(27)31/h12-13,17-18,20-21,23,25H,3-11,15-16,22H2,1-2H3/t23-,25-. The third-order valence-electron chi connectivity index (χ3n) is 6.79. The maximum Gasteiger partial charge on any atom is 0.201 e. The van der Waals surface area contributed by atoms with E-state index in [1.165, 1.54) is 81.9 Å². The van der Waals surface area contributed by atoms with Gasteiger partial charge in [0.05, 0.1) is 12.2 Å². The fourth-order valence-corrected chi connectivity index (χ4v) is 4.75. The van der Waals surface area contributed by atoms with Crippen molar-refractivity contribution in [3.8, 4) is 17.6 Å². The molecule has 1 saturated carbocycles. The molecule has 1 fully saturated rings. The first-order chi connectivity index (χ1) is 16.1. The SMILES string of the molecule is CCCCCCC[C@H]1CC[C@H](c2ccc(C#Cc3ccc(OCCC)c(F)c3F)cc2)CC1. The summed E-state index contributed by atoms with van der Waals surface area (Å²) in [6.07, 6.45) is 14.2. The van der Waals surface area contributed by atoms with E-state index in [1.54, 1.807) is 0 Å². The van der Waals surface area contributed by atoms with Crippen LogP contribution in [0.1, 0.15) is 107 Å². The molecule has 2 aromatic carbocycles. The second kappa shape index (κ2) is 13.4. The summed E-state index contributed by atoms with van der Waals surface area (Å²) >= 11 is 0. The largest absolute Gasteiger partial charge is 0.490 e. The molecular weight excluding hydrogens is 414 g/mol. The summed E-state index contributed by atoms with van der Waals surface area (Å²) in [7, 11) is 0. The number of halogens is 2. The van der Waals surface area contributed by atoms with Crippen molar-refractivity contribution in [3.05, 3.63) is 64.7 Å². The molecule has 3 rings (SSSR count). The Morgan fingerprint density at radius 2 is 1.52 bits per heavy atom. The van der Waals surface area contributed by atoms with E-state index < -0.39 is 11.6 Å². The molecule has 0 heterocycles. The second-order valence-electron chi connectivity index (χ2n) is 9.38. The van der Waals surface area contributed by atoms with Crippen molar-refractivity contribution in [2.24, 2.45) is 5.92 Å². The van der Waals surface area contributed by atoms with Gasteiger partial charge in [-0.1, -0.05) is 76.3 Å². The van der Waals surface area contributed by atoms with E-state index in [-0.39, 0.29) is 11.3 Å². The van der Waals surface area contributed by atoms with Crippen molar-refractivity contribution in [3.63, 3.8) is 0 Å². The monoisotopic (exact) mass is 452 g/mol. The van der Waals surface area contributed by atoms with Crippen molar-refractivity contribution in [2.45, 2.75) is 90.4 Å². The molecule has 0 aliphatic heterocycles. The van der Waals surface area contributed by atoms with Crippen LogP contribution in [0.25, 0.3) is 0 Å². The Bertz CT molecular complexity index is 915. The lowest BCUT2D eigenvalue weighted by atomic mass is 9.77. The van der Waals surface area contributed by atoms with Crippen LogP contribution >= 0.6 is 0 Å². The highest BCUT2D eigenvalue weighted by molar-refractivity contribution is 5.46. The quantitative estimate of drug-likeness (QED) is 0.258. The third-order valence-corrected chi connectivity index (χ3v) is 6.79. The van der Waals surface area contributed by atoms with E-state index in [9.17, 15) is 8.78 Å². The van der Waals surface area contributed by atoms with Gasteiger partial charge in [-0.25, -0.2) is 4.39 Å². The molecule has 0 unspecified atom stereocenters. The van der Waals surface area contributed by atoms with Gasteiger partial charge in [0.1, 0.15) is 0 Å². The lowest BCUT2D eigenvalue weighted by molar-refractivity contribution is 0.295. The Kier molecular flexibility index (Phi) is 10.3. The summed E-state index contributed by atoms with van der Waals surface area (Å²) in [5.74, 6) is 5.29. The molecule has 0 atom stereocenters. The minimum Gasteiger partial charge on any atom is -0.490 e. The topological polar surface area (TPSA) is 9.23 Å². The summed E-state index contributed by atoms with van der Waals surface area (Å²) in [5, 5.41) is 0. The van der Waals surface area contributed by atoms with E-state index in [2.05, 4.69) is 30.9 Å². The number of benzene rings is 2. The lowest BCUT2D eigenvalue weighted by Gasteiger charge is -2.29. The maximum atomic E-state index is 14.3. The van der Waals surface area contributed by atoms with Gasteiger partial charge in [0.2, 0.25) is 5.82 Å². The average Bonchev–Trinajstić information content (AvgIpc) is 2.85. The highest BCUT2D eigenvalue weighted by atomic mass is 19.2. The van der Waals surface area contributed by atoms with Crippen molar-refractivity contribution in [1.82, 2.24) is 0 Å². The molecule has 0 spiro atoms. The first kappa shape index (κ1) is 25.3. The smallest absolute Gasteiger partial charge is 0.201 e. The minimum atomic E-state index is -0.970. The average molecular weight is 453 g/mol. The van der Waals surface area contributed by atoms with E-state index >= 15 is 0 Å². The van der Waals surface area contributed by atoms with Crippen LogP contribution in [0, 0.1) is 29.4 Å². The Hall–Kier alpha value is -2.34. The first-order valence-corrected chi connectivity index (χ1v) is 12.8. The van der Waals surface area contributed by atoms with Gasteiger partial charge in [-0.15, -0.1) is 0 Å². The van der Waals surface area contributed by atoms with Crippen molar-refractivity contribution >= 4 is 0 Å². The molecule has 0 bridgehead atoms. The van der Waals surface area contributed by atoms with Crippen LogP contribution in [0.2, 0.25) is 0 Å². The van der Waals surface area contributed by atoms with Gasteiger partial charge < -0.3 is 4.74 Å². The van der Waals surface area contributed by atoms with Gasteiger partial charge >= 0.3 is 0 Å². The molecule has 0 aromatic heterocycles. The van der Waals surface area contributed by atoms with E-state index in [1.807, 2.05) is 19.1 Å². The van der Waals surface area contributed by atoms with E-state index in [0.29, 0.717) is 12.5 Å². The molecule has 0 saturated heterocycles. The normalized spacial score (nSPS) is 17.9. The molecule has 1 aliphatic rings. The Labute approximate surface area is 198 Å². The zero-order valence-corrected chi connectivity index (χ0v) is 20.3. The fourth-order valence-electron chi connectivity index (χ4n) is 4.75. The van der Waals surface area contributed by atoms with Crippen molar-refractivity contribution in [1.29, 1.82) is 0 Å². The highest BCUT2D eigenvalue weighted by Crippen LogP contribution is 2.37. The third kappa shape index (κ3) is 7.60. The number of unbranched alkanes of at least 4 members (excludes halogenated alkanes) is 4. The van der Waals surface area contributed by atoms with Crippen LogP contribution in [0.15, 0.2) is 36.4 Å². The lowest BCUT2D eigenvalue weighted by Crippen LogP contribution is -2.13. The number of hydrogen-bond acceptors (Lipinski definition) is 1. The molecule has 1 aliphatic carbocycles. The molecular formula is C30H38F2O. The van der Waals surface area contributed by atoms with Crippen molar-refractivity contribution in [2.75, 3.05) is 6.61 Å². The Balaban J connectivity index is 1.52. The summed E-state index contributed by atoms with van der Waals surface area (Å²) in [5.41, 5.74) is 2.23. The predicted molar refractivity (Wildman–Crippen MR) is 133 cm³/mol. The molecule has 0 amide bonds. The van der Waals surface area contributed by atoms with Crippen LogP contribution in [0.3, 0.4) is 0 Å². The molecule has 2 aromatic rings. The Morgan fingerprint density at radius 1 is 0.788 bits per heavy atom. The number of rotatable bonds is 10. The first-order valence-electron chi connectivity index (χ1n) is 12.8. The molecule has 3 heteroatoms. The minimum absolute atomic E-state index is 0.0495. The zero-order valence-electron chi connectivity index (χ0n) is 20.3. The predicted octanol–water partition coefficient (Wildman–Crippen LogP) is 8.79. The molecule has 0 radical (unpaired) electrons. The van der Waals surface area contributed by atoms with Gasteiger partial charge in [-0.3, -0.25) is 0 Å². The van der Waals surface area contributed by atoms with E-state index in [4.69, 9.17) is 4.74 Å². The summed E-state index contributed by atoms with van der Waals surface area (Å²) < 4.78 is 33.7. The summed E-state index contributed by atoms with van der Waals surface area (Å²) in [6.45, 7) is 4.54. The van der Waals surface area contributed by atoms with Gasteiger partial charge in [0.15, 0.2) is 11.6 Å². The molecule has 178 valence electrons. The molecule has 1 nitrogen and oxygen atoms in total. The Morgan fingerprint density at radius 3 is 2.21 bits per heavy atom. The van der Waals surface area contributed by atoms with Crippen LogP contribution in [0.5, 0.6) is 5.75 Å². The zero-order chi connectivity index (χ0) is 23.5. The van der Waals surface area contributed by atoms with Crippen LogP contribution < -0.4 is 4.74 Å². The van der Waals surface area contributed by atoms with Crippen LogP contribution in [-0.4, -0.2) is 6.61 Å². The molecule has 33 heavy (non-hydrogen) atoms. The van der Waals surface area contributed by atoms with Gasteiger partial charge in [-0.2, -0.15) is 4.39 Å². The van der Waals surface area contributed by atoms with E-state index in [0.717, 1.165) is 17.9 Å². The summed E-state index contributed by atoms with van der Waals surface area (Å²) in [6, 6.07) is 11.2. The van der Waals surface area contributed by atoms with Crippen LogP contribution in [-0.2, 0) is 0 Å². The number of hydrogen-bond donors (Lipinski definition) is 0. The summed E-state index contributed by atoms with van der Waals surface area (Å²) in [4.78, 5) is 0. The second-order valence-corrected chi connectivity index (χ2v) is 9.38. The van der Waals surface area contributed by atoms with Gasteiger partial charge in [0.25, 0.3) is 0 Å². The van der Waals surface area contributed by atoms with Crippen LogP contribution in [0.4, 0.5) is 8.78 Å². The highest BCUT2D eigenvalue weighted by Gasteiger charge is 2.22. The maximum absolute atomic E-state index is 14.3. The molecule has 0 N–H and O–H groups in total. The fraction of sp³-hybridized carbons (Fsp3) is 0.533. The van der Waals surface area contributed by atoms with Crippen molar-refractivity contribution < 1.29 is 13.5 Å². The number of ether oxygens (including phenoxy) is 1. The van der Waals surface area contributed by atoms with Gasteiger partial charge in [-0.05, 0) is 73.8 Å².